The molecule has 9 heteroatoms. The summed E-state index contributed by atoms with van der Waals surface area (Å²) in [6.07, 6.45) is 0. The normalized spacial score (nSPS) is 11.5. The van der Waals surface area contributed by atoms with E-state index in [9.17, 15) is 13.2 Å². The average molecular weight is 419 g/mol. The number of carbonyl (C=O) groups excluding carboxylic acids is 1. The molecule has 0 N–H and O–H groups in total. The van der Waals surface area contributed by atoms with Gasteiger partial charge in [0, 0.05) is 35.4 Å². The van der Waals surface area contributed by atoms with Crippen LogP contribution in [-0.4, -0.2) is 46.0 Å². The Hall–Kier alpha value is -0.340. The Balaban J connectivity index is 3.30. The third-order valence-electron chi connectivity index (χ3n) is 2.73. The van der Waals surface area contributed by atoms with Crippen LogP contribution in [0.2, 0.25) is 5.02 Å². The van der Waals surface area contributed by atoms with Gasteiger partial charge >= 0.3 is 0 Å². The first-order valence-corrected chi connectivity index (χ1v) is 9.42. The first-order chi connectivity index (χ1) is 9.72. The zero-order valence-electron chi connectivity index (χ0n) is 11.4. The molecule has 0 saturated carbocycles. The maximum Gasteiger partial charge on any atom is 0.262 e. The summed E-state index contributed by atoms with van der Waals surface area (Å²) in [6, 6.07) is 2.72. The zero-order chi connectivity index (χ0) is 16.2. The summed E-state index contributed by atoms with van der Waals surface area (Å²) in [5.74, 6) is -0.387. The van der Waals surface area contributed by atoms with Crippen LogP contribution >= 0.6 is 38.2 Å². The number of rotatable bonds is 6. The summed E-state index contributed by atoms with van der Waals surface area (Å²) in [5.41, 5.74) is 0.0724. The molecule has 1 aromatic rings. The molecule has 1 aromatic carbocycles. The molecule has 0 aliphatic heterocycles. The van der Waals surface area contributed by atoms with Crippen LogP contribution in [-0.2, 0) is 13.8 Å². The average Bonchev–Trinajstić information content (AvgIpc) is 2.40. The molecule has 1 rings (SSSR count). The monoisotopic (exact) mass is 417 g/mol. The van der Waals surface area contributed by atoms with Crippen LogP contribution in [0.1, 0.15) is 17.3 Å². The summed E-state index contributed by atoms with van der Waals surface area (Å²) in [7, 11) is 2.82. The van der Waals surface area contributed by atoms with Gasteiger partial charge in [0.15, 0.2) is 0 Å². The lowest BCUT2D eigenvalue weighted by Crippen LogP contribution is -2.34. The second-order valence-electron chi connectivity index (χ2n) is 4.08. The zero-order valence-corrected chi connectivity index (χ0v) is 15.3. The van der Waals surface area contributed by atoms with Crippen molar-refractivity contribution >= 4 is 53.2 Å². The molecule has 0 heterocycles. The van der Waals surface area contributed by atoms with Crippen molar-refractivity contribution in [1.82, 2.24) is 4.90 Å². The SMILES string of the molecule is CCN(CCOC)C(=O)c1cc(Br)cc(S(=O)(=O)Cl)c1Cl. The van der Waals surface area contributed by atoms with Gasteiger partial charge in [0.2, 0.25) is 0 Å². The van der Waals surface area contributed by atoms with Gasteiger partial charge in [-0.05, 0) is 19.1 Å². The summed E-state index contributed by atoms with van der Waals surface area (Å²) >= 11 is 9.19. The van der Waals surface area contributed by atoms with Gasteiger partial charge in [-0.1, -0.05) is 27.5 Å². The van der Waals surface area contributed by atoms with E-state index in [0.29, 0.717) is 24.2 Å². The largest absolute Gasteiger partial charge is 0.383 e. The first kappa shape index (κ1) is 18.7. The van der Waals surface area contributed by atoms with Crippen molar-refractivity contribution in [2.75, 3.05) is 26.8 Å². The van der Waals surface area contributed by atoms with Crippen molar-refractivity contribution in [1.29, 1.82) is 0 Å². The number of nitrogens with zero attached hydrogens (tertiary/aromatic N) is 1. The van der Waals surface area contributed by atoms with Gasteiger partial charge in [0.05, 0.1) is 17.2 Å². The van der Waals surface area contributed by atoms with Crippen LogP contribution in [0.4, 0.5) is 0 Å². The highest BCUT2D eigenvalue weighted by atomic mass is 79.9. The molecule has 0 aliphatic rings. The molecule has 21 heavy (non-hydrogen) atoms. The van der Waals surface area contributed by atoms with Crippen LogP contribution in [0.25, 0.3) is 0 Å². The highest BCUT2D eigenvalue weighted by Crippen LogP contribution is 2.32. The van der Waals surface area contributed by atoms with Crippen molar-refractivity contribution in [3.8, 4) is 0 Å². The fourth-order valence-corrected chi connectivity index (χ4v) is 3.85. The van der Waals surface area contributed by atoms with Gasteiger partial charge < -0.3 is 9.64 Å². The van der Waals surface area contributed by atoms with E-state index in [1.165, 1.54) is 24.1 Å². The Morgan fingerprint density at radius 3 is 2.52 bits per heavy atom. The molecular formula is C12H14BrCl2NO4S. The molecule has 0 spiro atoms. The minimum atomic E-state index is -4.05. The van der Waals surface area contributed by atoms with E-state index >= 15 is 0 Å². The number of methoxy groups -OCH3 is 1. The number of amides is 1. The molecule has 0 aromatic heterocycles. The van der Waals surface area contributed by atoms with Crippen LogP contribution in [0, 0.1) is 0 Å². The molecule has 0 unspecified atom stereocenters. The quantitative estimate of drug-likeness (QED) is 0.665. The van der Waals surface area contributed by atoms with E-state index in [1.807, 2.05) is 0 Å². The lowest BCUT2D eigenvalue weighted by Gasteiger charge is -2.21. The van der Waals surface area contributed by atoms with Crippen molar-refractivity contribution in [3.05, 3.63) is 27.2 Å². The summed E-state index contributed by atoms with van der Waals surface area (Å²) in [5, 5.41) is -0.186. The van der Waals surface area contributed by atoms with Crippen molar-refractivity contribution in [3.63, 3.8) is 0 Å². The van der Waals surface area contributed by atoms with E-state index in [1.54, 1.807) is 6.92 Å². The number of carbonyl (C=O) groups is 1. The Bertz CT molecular complexity index is 636. The fraction of sp³-hybridized carbons (Fsp3) is 0.417. The Morgan fingerprint density at radius 1 is 1.43 bits per heavy atom. The lowest BCUT2D eigenvalue weighted by molar-refractivity contribution is 0.0706. The van der Waals surface area contributed by atoms with Crippen LogP contribution in [0.5, 0.6) is 0 Å². The second kappa shape index (κ2) is 7.78. The molecule has 0 aliphatic carbocycles. The third kappa shape index (κ3) is 4.82. The number of benzene rings is 1. The van der Waals surface area contributed by atoms with Crippen LogP contribution in [0.3, 0.4) is 0 Å². The second-order valence-corrected chi connectivity index (χ2v) is 7.91. The third-order valence-corrected chi connectivity index (χ3v) is 5.05. The standard InChI is InChI=1S/C12H14BrCl2NO4S/c1-3-16(4-5-20-2)12(17)9-6-8(13)7-10(11(9)14)21(15,18)19/h6-7H,3-5H2,1-2H3. The van der Waals surface area contributed by atoms with E-state index in [0.717, 1.165) is 0 Å². The maximum atomic E-state index is 12.5. The molecule has 0 saturated heterocycles. The number of halogens is 3. The molecule has 0 radical (unpaired) electrons. The Labute approximate surface area is 141 Å². The molecule has 5 nitrogen and oxygen atoms in total. The molecule has 0 fully saturated rings. The number of likely N-dealkylation sites (N-methyl/N-ethyl adjacent to an activating group) is 1. The van der Waals surface area contributed by atoms with Gasteiger partial charge in [-0.3, -0.25) is 4.79 Å². The molecule has 118 valence electrons. The summed E-state index contributed by atoms with van der Waals surface area (Å²) in [4.78, 5) is 13.7. The summed E-state index contributed by atoms with van der Waals surface area (Å²) in [6.45, 7) is 2.98. The van der Waals surface area contributed by atoms with E-state index in [2.05, 4.69) is 15.9 Å². The number of ether oxygens (including phenoxy) is 1. The van der Waals surface area contributed by atoms with E-state index in [4.69, 9.17) is 27.0 Å². The molecule has 0 atom stereocenters. The maximum absolute atomic E-state index is 12.5. The molecule has 1 amide bonds. The van der Waals surface area contributed by atoms with Crippen molar-refractivity contribution in [2.24, 2.45) is 0 Å². The van der Waals surface area contributed by atoms with Gasteiger partial charge in [-0.25, -0.2) is 8.42 Å². The van der Waals surface area contributed by atoms with Crippen LogP contribution < -0.4 is 0 Å². The van der Waals surface area contributed by atoms with Crippen LogP contribution in [0.15, 0.2) is 21.5 Å². The smallest absolute Gasteiger partial charge is 0.262 e. The number of hydrogen-bond acceptors (Lipinski definition) is 4. The molecular weight excluding hydrogens is 405 g/mol. The minimum absolute atomic E-state index is 0.0724. The summed E-state index contributed by atoms with van der Waals surface area (Å²) < 4.78 is 28.4. The highest BCUT2D eigenvalue weighted by molar-refractivity contribution is 9.10. The first-order valence-electron chi connectivity index (χ1n) is 5.94. The number of hydrogen-bond donors (Lipinski definition) is 0. The lowest BCUT2D eigenvalue weighted by atomic mass is 10.2. The minimum Gasteiger partial charge on any atom is -0.383 e. The van der Waals surface area contributed by atoms with Gasteiger partial charge in [0.25, 0.3) is 15.0 Å². The van der Waals surface area contributed by atoms with Gasteiger partial charge in [-0.15, -0.1) is 0 Å². The predicted molar refractivity (Wildman–Crippen MR) is 85.6 cm³/mol. The highest BCUT2D eigenvalue weighted by Gasteiger charge is 2.24. The Kier molecular flexibility index (Phi) is 6.93. The van der Waals surface area contributed by atoms with E-state index < -0.39 is 9.05 Å². The fourth-order valence-electron chi connectivity index (χ4n) is 1.67. The van der Waals surface area contributed by atoms with Crippen molar-refractivity contribution in [2.45, 2.75) is 11.8 Å². The van der Waals surface area contributed by atoms with E-state index in [-0.39, 0.29) is 21.4 Å². The van der Waals surface area contributed by atoms with Gasteiger partial charge in [-0.2, -0.15) is 0 Å². The van der Waals surface area contributed by atoms with Gasteiger partial charge in [0.1, 0.15) is 4.90 Å². The predicted octanol–water partition coefficient (Wildman–Crippen LogP) is 3.14. The molecule has 0 bridgehead atoms. The Morgan fingerprint density at radius 2 is 2.05 bits per heavy atom. The van der Waals surface area contributed by atoms with Crippen molar-refractivity contribution < 1.29 is 17.9 Å². The topological polar surface area (TPSA) is 63.7 Å².